The average molecular weight is 416 g/mol. The molecule has 160 valence electrons. The molecule has 7 heteroatoms. The van der Waals surface area contributed by atoms with E-state index in [0.29, 0.717) is 39.2 Å². The lowest BCUT2D eigenvalue weighted by Gasteiger charge is -2.31. The fraction of sp³-hybridized carbons (Fsp3) is 0.348. The van der Waals surface area contributed by atoms with Gasteiger partial charge in [-0.25, -0.2) is 4.39 Å². The van der Waals surface area contributed by atoms with E-state index < -0.39 is 30.0 Å². The van der Waals surface area contributed by atoms with Crippen LogP contribution in [0.4, 0.5) is 4.39 Å². The smallest absolute Gasteiger partial charge is 0.197 e. The van der Waals surface area contributed by atoms with Crippen molar-refractivity contribution in [3.63, 3.8) is 0 Å². The minimum absolute atomic E-state index is 0. The van der Waals surface area contributed by atoms with Crippen molar-refractivity contribution in [3.05, 3.63) is 64.7 Å². The Bertz CT molecular complexity index is 1100. The number of halogens is 1. The molecule has 2 atom stereocenters. The second-order valence-electron chi connectivity index (χ2n) is 7.74. The fourth-order valence-corrected chi connectivity index (χ4v) is 3.74. The van der Waals surface area contributed by atoms with E-state index in [1.165, 1.54) is 12.1 Å². The summed E-state index contributed by atoms with van der Waals surface area (Å²) < 4.78 is 25.1. The van der Waals surface area contributed by atoms with Crippen LogP contribution in [0.25, 0.3) is 11.0 Å². The van der Waals surface area contributed by atoms with Gasteiger partial charge in [-0.15, -0.1) is 0 Å². The van der Waals surface area contributed by atoms with Crippen molar-refractivity contribution in [2.24, 2.45) is 0 Å². The topological polar surface area (TPSA) is 100 Å². The van der Waals surface area contributed by atoms with E-state index >= 15 is 0 Å². The Kier molecular flexibility index (Phi) is 5.73. The molecule has 1 aliphatic rings. The van der Waals surface area contributed by atoms with Crippen LogP contribution in [0, 0.1) is 5.82 Å². The molecule has 0 saturated heterocycles. The number of carbonyl (C=O) groups excluding carboxylic acids is 1. The highest BCUT2D eigenvalue weighted by Crippen LogP contribution is 2.46. The summed E-state index contributed by atoms with van der Waals surface area (Å²) >= 11 is 0. The summed E-state index contributed by atoms with van der Waals surface area (Å²) in [7, 11) is 0. The Morgan fingerprint density at radius 1 is 1.13 bits per heavy atom. The minimum Gasteiger partial charge on any atom is -0.491 e. The summed E-state index contributed by atoms with van der Waals surface area (Å²) in [6, 6.07) is 9.08. The summed E-state index contributed by atoms with van der Waals surface area (Å²) in [5, 5.41) is 28.7. The number of ether oxygens (including phenoxy) is 1. The Hall–Kier alpha value is -2.74. The molecule has 3 aromatic rings. The van der Waals surface area contributed by atoms with Gasteiger partial charge < -0.3 is 24.5 Å². The molecule has 0 spiro atoms. The Balaban J connectivity index is 0.00000256. The number of aliphatic hydroxyl groups is 3. The maximum atomic E-state index is 13.6. The normalized spacial score (nSPS) is 16.4. The minimum atomic E-state index is -1.30. The highest BCUT2D eigenvalue weighted by Gasteiger charge is 2.41. The number of hydrogen-bond acceptors (Lipinski definition) is 6. The van der Waals surface area contributed by atoms with Crippen molar-refractivity contribution < 1.29 is 33.7 Å². The van der Waals surface area contributed by atoms with E-state index in [2.05, 4.69) is 0 Å². The SMILES string of the molecule is C.CC1(C)c2cc(OC[C@@H](O)C(O)CO)ccc2C(=O)c2c1oc1cc(F)ccc21. The van der Waals surface area contributed by atoms with Crippen LogP contribution < -0.4 is 4.74 Å². The molecule has 1 unspecified atom stereocenters. The maximum Gasteiger partial charge on any atom is 0.197 e. The number of fused-ring (bicyclic) bond motifs is 4. The van der Waals surface area contributed by atoms with Gasteiger partial charge in [-0.05, 0) is 49.7 Å². The van der Waals surface area contributed by atoms with Gasteiger partial charge >= 0.3 is 0 Å². The predicted molar refractivity (Wildman–Crippen MR) is 109 cm³/mol. The first kappa shape index (κ1) is 22.0. The summed E-state index contributed by atoms with van der Waals surface area (Å²) in [6.45, 7) is 3.02. The number of carbonyl (C=O) groups is 1. The second kappa shape index (κ2) is 7.83. The van der Waals surface area contributed by atoms with Crippen molar-refractivity contribution in [2.45, 2.75) is 38.9 Å². The molecule has 4 rings (SSSR count). The zero-order valence-electron chi connectivity index (χ0n) is 16.0. The molecular formula is C23H25FO6. The quantitative estimate of drug-likeness (QED) is 0.591. The molecule has 6 nitrogen and oxygen atoms in total. The van der Waals surface area contributed by atoms with Crippen molar-refractivity contribution in [2.75, 3.05) is 13.2 Å². The van der Waals surface area contributed by atoms with Crippen LogP contribution in [0.5, 0.6) is 5.75 Å². The first-order valence-electron chi connectivity index (χ1n) is 9.25. The first-order valence-corrected chi connectivity index (χ1v) is 9.25. The van der Waals surface area contributed by atoms with Crippen LogP contribution in [-0.4, -0.2) is 46.5 Å². The van der Waals surface area contributed by atoms with E-state index in [1.807, 2.05) is 13.8 Å². The number of rotatable bonds is 5. The Labute approximate surface area is 173 Å². The predicted octanol–water partition coefficient (Wildman–Crippen LogP) is 3.17. The lowest BCUT2D eigenvalue weighted by atomic mass is 9.72. The monoisotopic (exact) mass is 416 g/mol. The Morgan fingerprint density at radius 2 is 1.87 bits per heavy atom. The van der Waals surface area contributed by atoms with Gasteiger partial charge in [0.05, 0.1) is 12.2 Å². The number of ketones is 1. The molecule has 1 aliphatic carbocycles. The molecular weight excluding hydrogens is 391 g/mol. The van der Waals surface area contributed by atoms with Crippen LogP contribution in [0.3, 0.4) is 0 Å². The summed E-state index contributed by atoms with van der Waals surface area (Å²) in [5.41, 5.74) is 1.26. The summed E-state index contributed by atoms with van der Waals surface area (Å²) in [5.74, 6) is 0.218. The van der Waals surface area contributed by atoms with E-state index in [9.17, 15) is 19.4 Å². The molecule has 2 aromatic carbocycles. The van der Waals surface area contributed by atoms with Gasteiger partial charge in [-0.3, -0.25) is 4.79 Å². The molecule has 1 aromatic heterocycles. The van der Waals surface area contributed by atoms with Gasteiger partial charge in [0.1, 0.15) is 41.7 Å². The third kappa shape index (κ3) is 3.39. The van der Waals surface area contributed by atoms with Crippen LogP contribution in [0.15, 0.2) is 40.8 Å². The fourth-order valence-electron chi connectivity index (χ4n) is 3.74. The van der Waals surface area contributed by atoms with Gasteiger partial charge in [0.15, 0.2) is 5.78 Å². The molecule has 1 heterocycles. The largest absolute Gasteiger partial charge is 0.491 e. The van der Waals surface area contributed by atoms with Crippen molar-refractivity contribution in [3.8, 4) is 5.75 Å². The van der Waals surface area contributed by atoms with Gasteiger partial charge in [-0.2, -0.15) is 0 Å². The molecule has 0 amide bonds. The van der Waals surface area contributed by atoms with Crippen LogP contribution >= 0.6 is 0 Å². The molecule has 0 aliphatic heterocycles. The first-order chi connectivity index (χ1) is 13.7. The molecule has 0 bridgehead atoms. The highest BCUT2D eigenvalue weighted by atomic mass is 19.1. The molecule has 0 fully saturated rings. The zero-order chi connectivity index (χ0) is 20.9. The zero-order valence-corrected chi connectivity index (χ0v) is 16.0. The van der Waals surface area contributed by atoms with Gasteiger partial charge in [0, 0.05) is 22.4 Å². The van der Waals surface area contributed by atoms with Gasteiger partial charge in [-0.1, -0.05) is 7.43 Å². The van der Waals surface area contributed by atoms with E-state index in [0.717, 1.165) is 0 Å². The van der Waals surface area contributed by atoms with E-state index in [1.54, 1.807) is 24.3 Å². The average Bonchev–Trinajstić information content (AvgIpc) is 3.09. The third-order valence-electron chi connectivity index (χ3n) is 5.41. The lowest BCUT2D eigenvalue weighted by molar-refractivity contribution is -0.0339. The van der Waals surface area contributed by atoms with Crippen molar-refractivity contribution in [1.29, 1.82) is 0 Å². The van der Waals surface area contributed by atoms with Crippen LogP contribution in [0.2, 0.25) is 0 Å². The number of hydrogen-bond donors (Lipinski definition) is 3. The lowest BCUT2D eigenvalue weighted by Crippen LogP contribution is -2.34. The highest BCUT2D eigenvalue weighted by molar-refractivity contribution is 6.19. The molecule has 3 N–H and O–H groups in total. The van der Waals surface area contributed by atoms with Gasteiger partial charge in [0.25, 0.3) is 0 Å². The van der Waals surface area contributed by atoms with E-state index in [4.69, 9.17) is 14.3 Å². The molecule has 0 saturated carbocycles. The van der Waals surface area contributed by atoms with Crippen LogP contribution in [0.1, 0.15) is 48.5 Å². The second-order valence-corrected chi connectivity index (χ2v) is 7.74. The number of benzene rings is 2. The van der Waals surface area contributed by atoms with Crippen LogP contribution in [-0.2, 0) is 5.41 Å². The van der Waals surface area contributed by atoms with Crippen molar-refractivity contribution >= 4 is 16.8 Å². The third-order valence-corrected chi connectivity index (χ3v) is 5.41. The number of furan rings is 1. The van der Waals surface area contributed by atoms with Crippen molar-refractivity contribution in [1.82, 2.24) is 0 Å². The van der Waals surface area contributed by atoms with E-state index in [-0.39, 0.29) is 19.8 Å². The summed E-state index contributed by atoms with van der Waals surface area (Å²) in [4.78, 5) is 13.2. The van der Waals surface area contributed by atoms with Gasteiger partial charge in [0.2, 0.25) is 0 Å². The summed E-state index contributed by atoms with van der Waals surface area (Å²) in [6.07, 6.45) is -2.55. The molecule has 0 radical (unpaired) electrons. The number of aliphatic hydroxyl groups excluding tert-OH is 3. The standard InChI is InChI=1S/C22H21FO6.CH4/c1-22(2)15-8-12(28-10-17(26)16(25)9-24)4-6-13(15)20(27)19-14-5-3-11(23)7-18(14)29-21(19)22;/h3-8,16-17,24-26H,9-10H2,1-2H3;1H4/t16?,17-;/m1./s1. The maximum absolute atomic E-state index is 13.6. The molecule has 30 heavy (non-hydrogen) atoms. The Morgan fingerprint density at radius 3 is 2.57 bits per heavy atom.